The average Bonchev–Trinajstić information content (AvgIpc) is 2.54. The van der Waals surface area contributed by atoms with Crippen LogP contribution in [0.1, 0.15) is 32.8 Å². The molecule has 6 heteroatoms. The van der Waals surface area contributed by atoms with Crippen LogP contribution in [0.2, 0.25) is 5.02 Å². The van der Waals surface area contributed by atoms with Crippen molar-refractivity contribution in [1.82, 2.24) is 10.2 Å². The highest BCUT2D eigenvalue weighted by Crippen LogP contribution is 2.27. The van der Waals surface area contributed by atoms with Crippen LogP contribution < -0.4 is 5.32 Å². The molecule has 1 saturated heterocycles. The Balaban J connectivity index is 2.21. The highest BCUT2D eigenvalue weighted by atomic mass is 35.5. The van der Waals surface area contributed by atoms with Crippen molar-refractivity contribution in [2.75, 3.05) is 0 Å². The van der Waals surface area contributed by atoms with E-state index in [4.69, 9.17) is 11.6 Å². The molecule has 2 rings (SSSR count). The molecule has 0 spiro atoms. The molecule has 1 aliphatic heterocycles. The van der Waals surface area contributed by atoms with Crippen LogP contribution in [0, 0.1) is 11.7 Å². The minimum atomic E-state index is -0.891. The molecule has 3 amide bonds. The lowest BCUT2D eigenvalue weighted by atomic mass is 9.91. The smallest absolute Gasteiger partial charge is 0.323 e. The maximum atomic E-state index is 13.0. The summed E-state index contributed by atoms with van der Waals surface area (Å²) in [5.74, 6) is -0.458. The van der Waals surface area contributed by atoms with Gasteiger partial charge in [-0.25, -0.2) is 9.18 Å². The number of hydrogen-bond donors (Lipinski definition) is 1. The van der Waals surface area contributed by atoms with Crippen LogP contribution in [0.5, 0.6) is 0 Å². The molecule has 1 aliphatic rings. The number of imide groups is 1. The third-order valence-corrected chi connectivity index (χ3v) is 3.86. The largest absolute Gasteiger partial charge is 0.325 e. The van der Waals surface area contributed by atoms with Crippen LogP contribution in [-0.2, 0) is 11.3 Å². The fourth-order valence-electron chi connectivity index (χ4n) is 2.67. The molecule has 4 nitrogen and oxygen atoms in total. The Kier molecular flexibility index (Phi) is 4.23. The van der Waals surface area contributed by atoms with E-state index < -0.39 is 17.4 Å². The minimum Gasteiger partial charge on any atom is -0.323 e. The SMILES string of the molecule is CC(C)CC1(C)NC(=O)N(Cc2ccc(F)cc2Cl)C1=O. The first-order chi connectivity index (χ1) is 9.73. The number of benzene rings is 1. The van der Waals surface area contributed by atoms with E-state index in [-0.39, 0.29) is 23.4 Å². The summed E-state index contributed by atoms with van der Waals surface area (Å²) >= 11 is 5.95. The summed E-state index contributed by atoms with van der Waals surface area (Å²) in [4.78, 5) is 25.6. The van der Waals surface area contributed by atoms with Gasteiger partial charge in [0, 0.05) is 5.02 Å². The zero-order chi connectivity index (χ0) is 15.8. The van der Waals surface area contributed by atoms with E-state index in [1.54, 1.807) is 6.92 Å². The zero-order valence-corrected chi connectivity index (χ0v) is 13.0. The molecule has 0 radical (unpaired) electrons. The van der Waals surface area contributed by atoms with Crippen LogP contribution in [0.15, 0.2) is 18.2 Å². The first kappa shape index (κ1) is 15.8. The van der Waals surface area contributed by atoms with E-state index in [2.05, 4.69) is 5.32 Å². The van der Waals surface area contributed by atoms with E-state index in [1.165, 1.54) is 18.2 Å². The van der Waals surface area contributed by atoms with Crippen LogP contribution in [0.25, 0.3) is 0 Å². The molecule has 0 aromatic heterocycles. The van der Waals surface area contributed by atoms with Gasteiger partial charge in [-0.1, -0.05) is 31.5 Å². The molecule has 1 fully saturated rings. The van der Waals surface area contributed by atoms with E-state index in [0.29, 0.717) is 12.0 Å². The lowest BCUT2D eigenvalue weighted by molar-refractivity contribution is -0.131. The number of carbonyl (C=O) groups excluding carboxylic acids is 2. The van der Waals surface area contributed by atoms with Gasteiger partial charge < -0.3 is 5.32 Å². The van der Waals surface area contributed by atoms with Gasteiger partial charge in [0.2, 0.25) is 0 Å². The van der Waals surface area contributed by atoms with Gasteiger partial charge in [-0.3, -0.25) is 9.69 Å². The quantitative estimate of drug-likeness (QED) is 0.867. The van der Waals surface area contributed by atoms with Crippen molar-refractivity contribution in [3.63, 3.8) is 0 Å². The van der Waals surface area contributed by atoms with Crippen LogP contribution in [0.3, 0.4) is 0 Å². The summed E-state index contributed by atoms with van der Waals surface area (Å²) in [5, 5.41) is 2.93. The standard InChI is InChI=1S/C15H18ClFN2O2/c1-9(2)7-15(3)13(20)19(14(21)18-15)8-10-4-5-11(17)6-12(10)16/h4-6,9H,7-8H2,1-3H3,(H,18,21). The number of nitrogens with zero attached hydrogens (tertiary/aromatic N) is 1. The first-order valence-corrected chi connectivity index (χ1v) is 7.19. The van der Waals surface area contributed by atoms with Crippen molar-refractivity contribution in [1.29, 1.82) is 0 Å². The number of amides is 3. The second-order valence-electron chi connectivity index (χ2n) is 5.99. The zero-order valence-electron chi connectivity index (χ0n) is 12.2. The Morgan fingerprint density at radius 3 is 2.62 bits per heavy atom. The highest BCUT2D eigenvalue weighted by molar-refractivity contribution is 6.31. The molecule has 1 N–H and O–H groups in total. The predicted molar refractivity (Wildman–Crippen MR) is 78.4 cm³/mol. The first-order valence-electron chi connectivity index (χ1n) is 6.81. The summed E-state index contributed by atoms with van der Waals surface area (Å²) in [6.45, 7) is 5.74. The van der Waals surface area contributed by atoms with E-state index in [0.717, 1.165) is 4.90 Å². The summed E-state index contributed by atoms with van der Waals surface area (Å²) in [7, 11) is 0. The van der Waals surface area contributed by atoms with Crippen LogP contribution in [0.4, 0.5) is 9.18 Å². The summed E-state index contributed by atoms with van der Waals surface area (Å²) in [6, 6.07) is 3.47. The summed E-state index contributed by atoms with van der Waals surface area (Å²) < 4.78 is 13.0. The van der Waals surface area contributed by atoms with Gasteiger partial charge in [0.05, 0.1) is 6.54 Å². The third kappa shape index (κ3) is 3.18. The monoisotopic (exact) mass is 312 g/mol. The van der Waals surface area contributed by atoms with Gasteiger partial charge in [-0.2, -0.15) is 0 Å². The second kappa shape index (κ2) is 5.64. The highest BCUT2D eigenvalue weighted by Gasteiger charge is 2.47. The van der Waals surface area contributed by atoms with Gasteiger partial charge >= 0.3 is 6.03 Å². The predicted octanol–water partition coefficient (Wildman–Crippen LogP) is 3.34. The minimum absolute atomic E-state index is 0.0392. The van der Waals surface area contributed by atoms with Crippen LogP contribution >= 0.6 is 11.6 Å². The summed E-state index contributed by atoms with van der Waals surface area (Å²) in [5.41, 5.74) is -0.354. The summed E-state index contributed by atoms with van der Waals surface area (Å²) in [6.07, 6.45) is 0.561. The molecule has 0 bridgehead atoms. The molecule has 1 aromatic rings. The number of hydrogen-bond acceptors (Lipinski definition) is 2. The van der Waals surface area contributed by atoms with Crippen molar-refractivity contribution in [2.24, 2.45) is 5.92 Å². The van der Waals surface area contributed by atoms with Gasteiger partial charge in [0.15, 0.2) is 0 Å². The van der Waals surface area contributed by atoms with Crippen molar-refractivity contribution in [2.45, 2.75) is 39.3 Å². The average molecular weight is 313 g/mol. The number of rotatable bonds is 4. The van der Waals surface area contributed by atoms with Gasteiger partial charge in [-0.15, -0.1) is 0 Å². The molecule has 1 atom stereocenters. The molecule has 0 saturated carbocycles. The number of halogens is 2. The molecule has 0 aliphatic carbocycles. The Morgan fingerprint density at radius 1 is 1.38 bits per heavy atom. The molecular weight excluding hydrogens is 295 g/mol. The maximum Gasteiger partial charge on any atom is 0.325 e. The maximum absolute atomic E-state index is 13.0. The normalized spacial score (nSPS) is 22.1. The number of urea groups is 1. The fourth-order valence-corrected chi connectivity index (χ4v) is 2.89. The van der Waals surface area contributed by atoms with Gasteiger partial charge in [0.25, 0.3) is 5.91 Å². The van der Waals surface area contributed by atoms with Gasteiger partial charge in [-0.05, 0) is 37.0 Å². The Bertz CT molecular complexity index is 591. The molecule has 1 heterocycles. The molecule has 1 unspecified atom stereocenters. The van der Waals surface area contributed by atoms with E-state index in [9.17, 15) is 14.0 Å². The molecule has 21 heavy (non-hydrogen) atoms. The van der Waals surface area contributed by atoms with Crippen molar-refractivity contribution in [3.8, 4) is 0 Å². The van der Waals surface area contributed by atoms with E-state index >= 15 is 0 Å². The fraction of sp³-hybridized carbons (Fsp3) is 0.467. The molecule has 114 valence electrons. The Hall–Kier alpha value is -1.62. The third-order valence-electron chi connectivity index (χ3n) is 3.51. The topological polar surface area (TPSA) is 49.4 Å². The van der Waals surface area contributed by atoms with Gasteiger partial charge in [0.1, 0.15) is 11.4 Å². The lowest BCUT2D eigenvalue weighted by Gasteiger charge is -2.23. The number of carbonyl (C=O) groups is 2. The Morgan fingerprint density at radius 2 is 2.05 bits per heavy atom. The Labute approximate surface area is 128 Å². The van der Waals surface area contributed by atoms with Crippen molar-refractivity contribution < 1.29 is 14.0 Å². The van der Waals surface area contributed by atoms with Crippen LogP contribution in [-0.4, -0.2) is 22.4 Å². The molecular formula is C15H18ClFN2O2. The second-order valence-corrected chi connectivity index (χ2v) is 6.39. The lowest BCUT2D eigenvalue weighted by Crippen LogP contribution is -2.44. The van der Waals surface area contributed by atoms with Crippen molar-refractivity contribution in [3.05, 3.63) is 34.6 Å². The molecule has 1 aromatic carbocycles. The number of nitrogens with one attached hydrogen (secondary N) is 1. The van der Waals surface area contributed by atoms with Crippen molar-refractivity contribution >= 4 is 23.5 Å². The van der Waals surface area contributed by atoms with E-state index in [1.807, 2.05) is 13.8 Å².